The molecule has 3 rings (SSSR count). The van der Waals surface area contributed by atoms with Gasteiger partial charge in [-0.25, -0.2) is 0 Å². The first-order valence-corrected chi connectivity index (χ1v) is 9.63. The number of amides is 2. The van der Waals surface area contributed by atoms with Crippen LogP contribution in [0.15, 0.2) is 53.1 Å². The van der Waals surface area contributed by atoms with Crippen LogP contribution in [0.4, 0.5) is 11.4 Å². The standard InChI is InChI=1S/C22H24N4O3/c1-3-7-19-25-21(29-26-19)13-12-20(27)24-18-11-5-4-10-17(18)22(28)23-16-9-6-8-15(2)14-16/h4-6,8-11,14H,3,7,12-13H2,1-2H3,(H,23,28)(H,24,27). The van der Waals surface area contributed by atoms with Gasteiger partial charge in [-0.05, 0) is 43.2 Å². The second-order valence-electron chi connectivity index (χ2n) is 6.77. The van der Waals surface area contributed by atoms with E-state index in [1.807, 2.05) is 38.1 Å². The number of nitrogens with one attached hydrogen (secondary N) is 2. The van der Waals surface area contributed by atoms with Gasteiger partial charge in [0.15, 0.2) is 5.82 Å². The van der Waals surface area contributed by atoms with E-state index in [0.717, 1.165) is 18.4 Å². The molecule has 2 amide bonds. The Labute approximate surface area is 169 Å². The van der Waals surface area contributed by atoms with E-state index in [1.54, 1.807) is 24.3 Å². The van der Waals surface area contributed by atoms with Crippen molar-refractivity contribution in [3.8, 4) is 0 Å². The maximum Gasteiger partial charge on any atom is 0.257 e. The minimum absolute atomic E-state index is 0.182. The number of rotatable bonds is 8. The highest BCUT2D eigenvalue weighted by Crippen LogP contribution is 2.18. The first-order valence-electron chi connectivity index (χ1n) is 9.63. The van der Waals surface area contributed by atoms with Crippen molar-refractivity contribution < 1.29 is 14.1 Å². The van der Waals surface area contributed by atoms with Crippen LogP contribution in [0.25, 0.3) is 0 Å². The van der Waals surface area contributed by atoms with E-state index in [4.69, 9.17) is 4.52 Å². The van der Waals surface area contributed by atoms with Crippen molar-refractivity contribution in [3.63, 3.8) is 0 Å². The highest BCUT2D eigenvalue weighted by atomic mass is 16.5. The third-order valence-corrected chi connectivity index (χ3v) is 4.27. The zero-order valence-corrected chi connectivity index (χ0v) is 16.6. The van der Waals surface area contributed by atoms with Crippen LogP contribution in [-0.2, 0) is 17.6 Å². The van der Waals surface area contributed by atoms with Crippen LogP contribution in [0.5, 0.6) is 0 Å². The number of aryl methyl sites for hydroxylation is 3. The Morgan fingerprint density at radius 3 is 2.66 bits per heavy atom. The second kappa shape index (κ2) is 9.64. The number of benzene rings is 2. The number of hydrogen-bond donors (Lipinski definition) is 2. The van der Waals surface area contributed by atoms with Crippen LogP contribution in [0.2, 0.25) is 0 Å². The smallest absolute Gasteiger partial charge is 0.257 e. The molecular formula is C22H24N4O3. The molecule has 0 unspecified atom stereocenters. The largest absolute Gasteiger partial charge is 0.339 e. The van der Waals surface area contributed by atoms with E-state index in [9.17, 15) is 9.59 Å². The summed E-state index contributed by atoms with van der Waals surface area (Å²) in [6, 6.07) is 14.5. The van der Waals surface area contributed by atoms with Crippen LogP contribution >= 0.6 is 0 Å². The van der Waals surface area contributed by atoms with Crippen molar-refractivity contribution in [1.82, 2.24) is 10.1 Å². The summed E-state index contributed by atoms with van der Waals surface area (Å²) in [7, 11) is 0. The Morgan fingerprint density at radius 1 is 1.03 bits per heavy atom. The molecule has 150 valence electrons. The van der Waals surface area contributed by atoms with Crippen molar-refractivity contribution >= 4 is 23.2 Å². The number of anilines is 2. The first kappa shape index (κ1) is 20.3. The van der Waals surface area contributed by atoms with Crippen LogP contribution in [-0.4, -0.2) is 22.0 Å². The van der Waals surface area contributed by atoms with Crippen molar-refractivity contribution in [2.75, 3.05) is 10.6 Å². The summed E-state index contributed by atoms with van der Waals surface area (Å²) < 4.78 is 5.15. The molecule has 2 N–H and O–H groups in total. The zero-order valence-electron chi connectivity index (χ0n) is 16.6. The van der Waals surface area contributed by atoms with E-state index in [2.05, 4.69) is 20.8 Å². The predicted octanol–water partition coefficient (Wildman–Crippen LogP) is 4.15. The van der Waals surface area contributed by atoms with E-state index < -0.39 is 0 Å². The normalized spacial score (nSPS) is 10.6. The fourth-order valence-corrected chi connectivity index (χ4v) is 2.86. The first-order chi connectivity index (χ1) is 14.0. The third kappa shape index (κ3) is 5.75. The molecule has 2 aromatic carbocycles. The number of carbonyl (C=O) groups is 2. The van der Waals surface area contributed by atoms with Gasteiger partial charge >= 0.3 is 0 Å². The van der Waals surface area contributed by atoms with Crippen LogP contribution in [0.1, 0.15) is 47.4 Å². The molecule has 29 heavy (non-hydrogen) atoms. The summed E-state index contributed by atoms with van der Waals surface area (Å²) in [6.45, 7) is 3.99. The number of para-hydroxylation sites is 1. The van der Waals surface area contributed by atoms with Crippen LogP contribution in [0, 0.1) is 6.92 Å². The van der Waals surface area contributed by atoms with E-state index in [1.165, 1.54) is 0 Å². The Bertz CT molecular complexity index is 997. The second-order valence-corrected chi connectivity index (χ2v) is 6.77. The van der Waals surface area contributed by atoms with Gasteiger partial charge in [0.05, 0.1) is 11.3 Å². The quantitative estimate of drug-likeness (QED) is 0.600. The van der Waals surface area contributed by atoms with Crippen molar-refractivity contribution in [2.45, 2.75) is 39.5 Å². The molecule has 1 heterocycles. The van der Waals surface area contributed by atoms with E-state index in [-0.39, 0.29) is 18.2 Å². The highest BCUT2D eigenvalue weighted by molar-refractivity contribution is 6.10. The molecule has 7 nitrogen and oxygen atoms in total. The molecule has 0 fully saturated rings. The monoisotopic (exact) mass is 392 g/mol. The maximum absolute atomic E-state index is 12.7. The molecule has 0 radical (unpaired) electrons. The molecule has 0 atom stereocenters. The predicted molar refractivity (Wildman–Crippen MR) is 111 cm³/mol. The molecule has 7 heteroatoms. The van der Waals surface area contributed by atoms with Gasteiger partial charge < -0.3 is 15.2 Å². The van der Waals surface area contributed by atoms with Gasteiger partial charge in [0, 0.05) is 24.9 Å². The molecule has 1 aromatic heterocycles. The number of nitrogens with zero attached hydrogens (tertiary/aromatic N) is 2. The Balaban J connectivity index is 1.61. The van der Waals surface area contributed by atoms with Gasteiger partial charge in [0.1, 0.15) is 0 Å². The van der Waals surface area contributed by atoms with Gasteiger partial charge in [-0.3, -0.25) is 9.59 Å². The molecule has 0 aliphatic rings. The van der Waals surface area contributed by atoms with Crippen molar-refractivity contribution in [1.29, 1.82) is 0 Å². The van der Waals surface area contributed by atoms with Gasteiger partial charge in [-0.2, -0.15) is 4.98 Å². The van der Waals surface area contributed by atoms with Gasteiger partial charge in [0.25, 0.3) is 5.91 Å². The third-order valence-electron chi connectivity index (χ3n) is 4.27. The van der Waals surface area contributed by atoms with Gasteiger partial charge in [-0.15, -0.1) is 0 Å². The number of carbonyl (C=O) groups excluding carboxylic acids is 2. The molecule has 0 spiro atoms. The molecule has 3 aromatic rings. The molecular weight excluding hydrogens is 368 g/mol. The summed E-state index contributed by atoms with van der Waals surface area (Å²) in [5.41, 5.74) is 2.60. The lowest BCUT2D eigenvalue weighted by atomic mass is 10.1. The maximum atomic E-state index is 12.7. The van der Waals surface area contributed by atoms with Crippen LogP contribution in [0.3, 0.4) is 0 Å². The average molecular weight is 392 g/mol. The topological polar surface area (TPSA) is 97.1 Å². The molecule has 0 bridgehead atoms. The Kier molecular flexibility index (Phi) is 6.73. The lowest BCUT2D eigenvalue weighted by molar-refractivity contribution is -0.116. The zero-order chi connectivity index (χ0) is 20.6. The highest BCUT2D eigenvalue weighted by Gasteiger charge is 2.14. The summed E-state index contributed by atoms with van der Waals surface area (Å²) in [5.74, 6) is 0.582. The lowest BCUT2D eigenvalue weighted by Crippen LogP contribution is -2.18. The molecule has 0 saturated heterocycles. The fourth-order valence-electron chi connectivity index (χ4n) is 2.86. The molecule has 0 saturated carbocycles. The minimum atomic E-state index is -0.285. The van der Waals surface area contributed by atoms with Gasteiger partial charge in [-0.1, -0.05) is 36.3 Å². The van der Waals surface area contributed by atoms with Crippen molar-refractivity contribution in [2.24, 2.45) is 0 Å². The molecule has 0 aliphatic heterocycles. The summed E-state index contributed by atoms with van der Waals surface area (Å²) >= 11 is 0. The Morgan fingerprint density at radius 2 is 1.86 bits per heavy atom. The Hall–Kier alpha value is -3.48. The average Bonchev–Trinajstić information content (AvgIpc) is 3.15. The number of hydrogen-bond acceptors (Lipinski definition) is 5. The minimum Gasteiger partial charge on any atom is -0.339 e. The molecule has 0 aliphatic carbocycles. The van der Waals surface area contributed by atoms with Gasteiger partial charge in [0.2, 0.25) is 11.8 Å². The van der Waals surface area contributed by atoms with Crippen LogP contribution < -0.4 is 10.6 Å². The fraction of sp³-hybridized carbons (Fsp3) is 0.273. The lowest BCUT2D eigenvalue weighted by Gasteiger charge is -2.11. The summed E-state index contributed by atoms with van der Waals surface area (Å²) in [4.78, 5) is 29.3. The van der Waals surface area contributed by atoms with E-state index >= 15 is 0 Å². The summed E-state index contributed by atoms with van der Waals surface area (Å²) in [6.07, 6.45) is 2.21. The number of aromatic nitrogens is 2. The SMILES string of the molecule is CCCc1noc(CCC(=O)Nc2ccccc2C(=O)Nc2cccc(C)c2)n1. The van der Waals surface area contributed by atoms with E-state index in [0.29, 0.717) is 35.1 Å². The van der Waals surface area contributed by atoms with Crippen molar-refractivity contribution in [3.05, 3.63) is 71.4 Å². The summed E-state index contributed by atoms with van der Waals surface area (Å²) in [5, 5.41) is 9.54.